The fourth-order valence-electron chi connectivity index (χ4n) is 0.938. The van der Waals surface area contributed by atoms with Crippen LogP contribution in [0.2, 0.25) is 5.28 Å². The Labute approximate surface area is 98.0 Å². The molecule has 0 aliphatic rings. The Balaban J connectivity index is 0. The molecular formula is C9H16Al2Cl. The molecule has 0 aromatic heterocycles. The van der Waals surface area contributed by atoms with Crippen LogP contribution in [0.5, 0.6) is 0 Å². The average Bonchev–Trinajstić information content (AvgIpc) is 1.95. The summed E-state index contributed by atoms with van der Waals surface area (Å²) in [6.07, 6.45) is 0. The third kappa shape index (κ3) is 5.26. The number of hydrogen-bond donors (Lipinski definition) is 0. The molecule has 0 amide bonds. The van der Waals surface area contributed by atoms with Gasteiger partial charge in [-0.25, -0.2) is 0 Å². The molecule has 0 unspecified atom stereocenters. The lowest BCUT2D eigenvalue weighted by Crippen LogP contribution is -2.11. The number of aryl methyl sites for hydroxylation is 1. The summed E-state index contributed by atoms with van der Waals surface area (Å²) in [6, 6.07) is 8.87. The second-order valence-electron chi connectivity index (χ2n) is 2.52. The van der Waals surface area contributed by atoms with Gasteiger partial charge in [-0.3, -0.25) is 0 Å². The first kappa shape index (κ1) is 15.1. The van der Waals surface area contributed by atoms with Crippen LogP contribution in [0.25, 0.3) is 0 Å². The molecule has 3 heteroatoms. The second-order valence-corrected chi connectivity index (χ2v) is 4.41. The lowest BCUT2D eigenvalue weighted by Gasteiger charge is -1.96. The minimum absolute atomic E-state index is 0. The van der Waals surface area contributed by atoms with Crippen molar-refractivity contribution in [2.75, 3.05) is 0 Å². The Kier molecular flexibility index (Phi) is 10.3. The van der Waals surface area contributed by atoms with Crippen LogP contribution in [0, 0.1) is 6.92 Å². The van der Waals surface area contributed by atoms with Crippen LogP contribution in [0.1, 0.15) is 12.5 Å². The van der Waals surface area contributed by atoms with Gasteiger partial charge in [-0.1, -0.05) is 36.8 Å². The molecule has 1 rings (SSSR count). The standard InChI is InChI=1S/C7H7.C2H5.2Al.ClH.3H/c1-7-5-3-2-4-6-7;1-2;;;;;;/h3-6H,1H3;1H2,2H3;;;1H;;;. The third-order valence-corrected chi connectivity index (χ3v) is 2.78. The van der Waals surface area contributed by atoms with Gasteiger partial charge in [-0.2, -0.15) is 0 Å². The summed E-state index contributed by atoms with van der Waals surface area (Å²) in [5.74, 6) is 0. The summed E-state index contributed by atoms with van der Waals surface area (Å²) < 4.78 is 1.54. The molecule has 1 radical (unpaired) electrons. The monoisotopic (exact) mass is 213 g/mol. The van der Waals surface area contributed by atoms with Crippen LogP contribution >= 0.6 is 12.4 Å². The minimum atomic E-state index is 0. The molecule has 0 spiro atoms. The normalized spacial score (nSPS) is 7.83. The second kappa shape index (κ2) is 8.19. The summed E-state index contributed by atoms with van der Waals surface area (Å²) in [5.41, 5.74) is 1.36. The summed E-state index contributed by atoms with van der Waals surface area (Å²) in [6.45, 7) is 4.38. The zero-order chi connectivity index (χ0) is 7.40. The number of hydrogen-bond acceptors (Lipinski definition) is 0. The van der Waals surface area contributed by atoms with Crippen molar-refractivity contribution in [3.05, 3.63) is 29.8 Å². The largest absolute Gasteiger partial charge is 0.250 e. The van der Waals surface area contributed by atoms with E-state index in [1.165, 1.54) is 15.3 Å². The zero-order valence-electron chi connectivity index (χ0n) is 7.00. The SMILES string of the molecule is C[CH2][Al][c]1ccc(C)cc1.Cl.[AlH3]. The molecule has 1 aromatic rings. The molecule has 0 heterocycles. The van der Waals surface area contributed by atoms with E-state index >= 15 is 0 Å². The van der Waals surface area contributed by atoms with Crippen LogP contribution in [0.4, 0.5) is 0 Å². The lowest BCUT2D eigenvalue weighted by atomic mass is 10.2. The molecule has 0 saturated carbocycles. The van der Waals surface area contributed by atoms with E-state index in [0.717, 1.165) is 0 Å². The highest BCUT2D eigenvalue weighted by Gasteiger charge is 1.91. The fourth-order valence-corrected chi connectivity index (χ4v) is 1.87. The van der Waals surface area contributed by atoms with E-state index in [9.17, 15) is 0 Å². The molecule has 0 N–H and O–H groups in total. The van der Waals surface area contributed by atoms with Crippen molar-refractivity contribution < 1.29 is 0 Å². The molecule has 0 saturated heterocycles. The average molecular weight is 214 g/mol. The lowest BCUT2D eigenvalue weighted by molar-refractivity contribution is 1.45. The van der Waals surface area contributed by atoms with Crippen molar-refractivity contribution in [2.45, 2.75) is 19.1 Å². The Bertz CT molecular complexity index is 196. The number of benzene rings is 1. The van der Waals surface area contributed by atoms with E-state index in [1.807, 2.05) is 0 Å². The first-order valence-electron chi connectivity index (χ1n) is 3.73. The molecule has 0 atom stereocenters. The highest BCUT2D eigenvalue weighted by atomic mass is 35.5. The molecule has 1 aromatic carbocycles. The molecule has 0 nitrogen and oxygen atoms in total. The van der Waals surface area contributed by atoms with Gasteiger partial charge in [0.15, 0.2) is 17.4 Å². The fraction of sp³-hybridized carbons (Fsp3) is 0.333. The first-order valence-corrected chi connectivity index (χ1v) is 5.12. The Morgan fingerprint density at radius 3 is 2.08 bits per heavy atom. The molecule has 65 valence electrons. The highest BCUT2D eigenvalue weighted by Crippen LogP contribution is 1.92. The van der Waals surface area contributed by atoms with Crippen molar-refractivity contribution in [1.29, 1.82) is 0 Å². The van der Waals surface area contributed by atoms with Crippen molar-refractivity contribution in [2.24, 2.45) is 0 Å². The topological polar surface area (TPSA) is 0 Å². The van der Waals surface area contributed by atoms with Gasteiger partial charge >= 0.3 is 0 Å². The van der Waals surface area contributed by atoms with Crippen LogP contribution in [-0.2, 0) is 0 Å². The summed E-state index contributed by atoms with van der Waals surface area (Å²) in [7, 11) is 0. The van der Waals surface area contributed by atoms with Crippen molar-refractivity contribution in [3.8, 4) is 0 Å². The minimum Gasteiger partial charge on any atom is -0.147 e. The summed E-state index contributed by atoms with van der Waals surface area (Å²) >= 11 is 0.533. The highest BCUT2D eigenvalue weighted by molar-refractivity contribution is 6.53. The molecule has 0 aliphatic heterocycles. The van der Waals surface area contributed by atoms with E-state index in [-0.39, 0.29) is 29.8 Å². The number of halogens is 1. The smallest absolute Gasteiger partial charge is 0.147 e. The Morgan fingerprint density at radius 1 is 1.17 bits per heavy atom. The molecule has 0 fully saturated rings. The van der Waals surface area contributed by atoms with E-state index in [0.29, 0.717) is 15.2 Å². The van der Waals surface area contributed by atoms with E-state index < -0.39 is 0 Å². The van der Waals surface area contributed by atoms with Crippen molar-refractivity contribution in [1.82, 2.24) is 0 Å². The molecule has 0 bridgehead atoms. The van der Waals surface area contributed by atoms with E-state index in [2.05, 4.69) is 38.1 Å². The van der Waals surface area contributed by atoms with Crippen molar-refractivity contribution in [3.63, 3.8) is 0 Å². The van der Waals surface area contributed by atoms with Gasteiger partial charge in [0, 0.05) is 0 Å². The van der Waals surface area contributed by atoms with Gasteiger partial charge in [0.1, 0.15) is 0 Å². The van der Waals surface area contributed by atoms with Gasteiger partial charge in [0.25, 0.3) is 0 Å². The molecule has 12 heavy (non-hydrogen) atoms. The quantitative estimate of drug-likeness (QED) is 0.643. The van der Waals surface area contributed by atoms with Crippen LogP contribution in [0.15, 0.2) is 24.3 Å². The van der Waals surface area contributed by atoms with Gasteiger partial charge in [0.05, 0.1) is 0 Å². The maximum atomic E-state index is 2.25. The maximum Gasteiger partial charge on any atom is 0.250 e. The van der Waals surface area contributed by atoms with Crippen LogP contribution in [0.3, 0.4) is 0 Å². The Morgan fingerprint density at radius 2 is 1.67 bits per heavy atom. The number of rotatable bonds is 2. The third-order valence-electron chi connectivity index (χ3n) is 1.52. The van der Waals surface area contributed by atoms with Crippen molar-refractivity contribution >= 4 is 49.4 Å². The van der Waals surface area contributed by atoms with Gasteiger partial charge in [-0.05, 0) is 6.92 Å². The first-order chi connectivity index (χ1) is 4.83. The van der Waals surface area contributed by atoms with Crippen LogP contribution < -0.4 is 4.43 Å². The van der Waals surface area contributed by atoms with Gasteiger partial charge in [0.2, 0.25) is 15.2 Å². The maximum absolute atomic E-state index is 2.25. The summed E-state index contributed by atoms with van der Waals surface area (Å²) in [5, 5.41) is 1.32. The molecule has 0 aliphatic carbocycles. The predicted octanol–water partition coefficient (Wildman–Crippen LogP) is 1.00. The van der Waals surface area contributed by atoms with E-state index in [4.69, 9.17) is 0 Å². The summed E-state index contributed by atoms with van der Waals surface area (Å²) in [4.78, 5) is 0. The van der Waals surface area contributed by atoms with Crippen LogP contribution in [-0.4, -0.2) is 32.6 Å². The van der Waals surface area contributed by atoms with Gasteiger partial charge < -0.3 is 0 Å². The van der Waals surface area contributed by atoms with Gasteiger partial charge in [-0.15, -0.1) is 22.1 Å². The predicted molar refractivity (Wildman–Crippen MR) is 64.2 cm³/mol. The zero-order valence-corrected chi connectivity index (χ0v) is 8.97. The van der Waals surface area contributed by atoms with E-state index in [1.54, 1.807) is 0 Å². The molecular weight excluding hydrogens is 198 g/mol. The Hall–Kier alpha value is 0.575.